The van der Waals surface area contributed by atoms with Gasteiger partial charge in [0.15, 0.2) is 5.69 Å². The molecule has 32 heavy (non-hydrogen) atoms. The first kappa shape index (κ1) is 22.3. The molecule has 0 radical (unpaired) electrons. The summed E-state index contributed by atoms with van der Waals surface area (Å²) in [6.07, 6.45) is 7.75. The first-order valence-corrected chi connectivity index (χ1v) is 13.6. The van der Waals surface area contributed by atoms with Crippen molar-refractivity contribution in [3.63, 3.8) is 0 Å². The van der Waals surface area contributed by atoms with Gasteiger partial charge in [0.2, 0.25) is 0 Å². The van der Waals surface area contributed by atoms with E-state index in [2.05, 4.69) is 15.4 Å². The zero-order chi connectivity index (χ0) is 22.3. The number of carbonyl (C=O) groups is 1. The van der Waals surface area contributed by atoms with Gasteiger partial charge in [0.1, 0.15) is 5.76 Å². The summed E-state index contributed by atoms with van der Waals surface area (Å²) in [5, 5.41) is 6.93. The molecule has 4 fully saturated rings. The van der Waals surface area contributed by atoms with Crippen LogP contribution in [0.3, 0.4) is 0 Å². The van der Waals surface area contributed by atoms with Crippen LogP contribution in [0.5, 0.6) is 0 Å². The van der Waals surface area contributed by atoms with Crippen LogP contribution in [0.1, 0.15) is 80.5 Å². The first-order chi connectivity index (χ1) is 15.4. The van der Waals surface area contributed by atoms with Crippen LogP contribution in [0.4, 0.5) is 0 Å². The second kappa shape index (κ2) is 9.04. The highest BCUT2D eigenvalue weighted by molar-refractivity contribution is 7.86. The van der Waals surface area contributed by atoms with E-state index in [-0.39, 0.29) is 18.0 Å². The lowest BCUT2D eigenvalue weighted by atomic mass is 10.0. The molecule has 0 aromatic carbocycles. The highest BCUT2D eigenvalue weighted by Crippen LogP contribution is 2.40. The number of aromatic nitrogens is 1. The number of rotatable bonds is 6. The summed E-state index contributed by atoms with van der Waals surface area (Å²) in [4.78, 5) is 15.1. The molecule has 0 bridgehead atoms. The number of nitrogens with one attached hydrogen (secondary N) is 1. The molecular formula is C22H35N5O4S. The third kappa shape index (κ3) is 4.60. The Morgan fingerprint density at radius 3 is 2.44 bits per heavy atom. The number of likely N-dealkylation sites (tertiary alicyclic amines) is 1. The Balaban J connectivity index is 1.13. The predicted molar refractivity (Wildman–Crippen MR) is 119 cm³/mol. The molecule has 5 rings (SSSR count). The van der Waals surface area contributed by atoms with E-state index in [1.165, 1.54) is 12.8 Å². The van der Waals surface area contributed by atoms with E-state index >= 15 is 0 Å². The average Bonchev–Trinajstić information content (AvgIpc) is 3.26. The largest absolute Gasteiger partial charge is 0.360 e. The number of hydrogen-bond donors (Lipinski definition) is 1. The molecule has 3 saturated heterocycles. The average molecular weight is 466 g/mol. The van der Waals surface area contributed by atoms with Crippen LogP contribution in [-0.2, 0) is 10.2 Å². The van der Waals surface area contributed by atoms with E-state index < -0.39 is 10.2 Å². The van der Waals surface area contributed by atoms with Crippen molar-refractivity contribution in [1.29, 1.82) is 0 Å². The molecule has 0 unspecified atom stereocenters. The second-order valence-electron chi connectivity index (χ2n) is 9.92. The van der Waals surface area contributed by atoms with Crippen LogP contribution < -0.4 is 5.32 Å². The van der Waals surface area contributed by atoms with Gasteiger partial charge in [-0.1, -0.05) is 5.16 Å². The van der Waals surface area contributed by atoms with Crippen molar-refractivity contribution in [3.05, 3.63) is 17.5 Å². The van der Waals surface area contributed by atoms with Crippen molar-refractivity contribution in [2.45, 2.75) is 82.3 Å². The van der Waals surface area contributed by atoms with Crippen molar-refractivity contribution >= 4 is 16.1 Å². The molecule has 1 amide bonds. The van der Waals surface area contributed by atoms with Gasteiger partial charge in [0.25, 0.3) is 16.1 Å². The smallest absolute Gasteiger partial charge is 0.282 e. The van der Waals surface area contributed by atoms with E-state index in [1.807, 2.05) is 6.92 Å². The fourth-order valence-corrected chi connectivity index (χ4v) is 7.38. The highest BCUT2D eigenvalue weighted by Gasteiger charge is 2.40. The maximum atomic E-state index is 13.3. The van der Waals surface area contributed by atoms with E-state index in [4.69, 9.17) is 4.52 Å². The minimum absolute atomic E-state index is 0.0640. The molecule has 2 atom stereocenters. The molecule has 4 heterocycles. The van der Waals surface area contributed by atoms with Gasteiger partial charge in [-0.15, -0.1) is 0 Å². The Morgan fingerprint density at radius 1 is 1.06 bits per heavy atom. The van der Waals surface area contributed by atoms with Crippen molar-refractivity contribution in [3.8, 4) is 0 Å². The molecule has 1 saturated carbocycles. The molecule has 3 aliphatic heterocycles. The molecule has 0 spiro atoms. The summed E-state index contributed by atoms with van der Waals surface area (Å²) in [6, 6.07) is 2.04. The number of hydrogen-bond acceptors (Lipinski definition) is 6. The highest BCUT2D eigenvalue weighted by atomic mass is 32.2. The van der Waals surface area contributed by atoms with E-state index in [0.717, 1.165) is 44.5 Å². The molecule has 4 aliphatic rings. The summed E-state index contributed by atoms with van der Waals surface area (Å²) in [5.74, 6) is 0.967. The zero-order valence-electron chi connectivity index (χ0n) is 18.9. The lowest BCUT2D eigenvalue weighted by Crippen LogP contribution is -2.56. The summed E-state index contributed by atoms with van der Waals surface area (Å²) in [6.45, 7) is 5.87. The van der Waals surface area contributed by atoms with Crippen LogP contribution in [0, 0.1) is 0 Å². The lowest BCUT2D eigenvalue weighted by molar-refractivity contribution is 0.0902. The number of piperidine rings is 2. The minimum Gasteiger partial charge on any atom is -0.360 e. The Labute approximate surface area is 190 Å². The lowest BCUT2D eigenvalue weighted by Gasteiger charge is -2.42. The number of nitrogens with zero attached hydrogens (tertiary/aromatic N) is 4. The zero-order valence-corrected chi connectivity index (χ0v) is 19.7. The molecule has 1 N–H and O–H groups in total. The van der Waals surface area contributed by atoms with Gasteiger partial charge in [-0.2, -0.15) is 17.0 Å². The molecule has 1 aromatic rings. The third-order valence-corrected chi connectivity index (χ3v) is 9.75. The SMILES string of the molecule is C[C@H]1C[C@@H](NC(=O)c2cc(C3CC3)on2)CCN1S(=O)(=O)N1CCC(N2CCCC2)CC1. The Morgan fingerprint density at radius 2 is 1.78 bits per heavy atom. The van der Waals surface area contributed by atoms with E-state index in [0.29, 0.717) is 50.1 Å². The molecule has 10 heteroatoms. The molecule has 1 aliphatic carbocycles. The van der Waals surface area contributed by atoms with Crippen LogP contribution >= 0.6 is 0 Å². The topological polar surface area (TPSA) is 99.0 Å². The minimum atomic E-state index is -3.48. The molecule has 178 valence electrons. The van der Waals surface area contributed by atoms with Crippen molar-refractivity contribution in [2.24, 2.45) is 0 Å². The Hall–Kier alpha value is -1.49. The van der Waals surface area contributed by atoms with Crippen LogP contribution in [0.25, 0.3) is 0 Å². The van der Waals surface area contributed by atoms with Crippen LogP contribution in [-0.4, -0.2) is 83.8 Å². The molecule has 1 aromatic heterocycles. The standard InChI is InChI=1S/C22H35N5O4S/c1-16-14-18(23-22(28)20-15-21(31-24-20)17-4-5-17)6-13-27(16)32(29,30)26-11-7-19(8-12-26)25-9-2-3-10-25/h15-19H,2-14H2,1H3,(H,23,28)/t16-,18-/m0/s1. The van der Waals surface area contributed by atoms with E-state index in [1.54, 1.807) is 14.7 Å². The normalized spacial score (nSPS) is 29.4. The molecular weight excluding hydrogens is 430 g/mol. The Kier molecular flexibility index (Phi) is 6.30. The second-order valence-corrected chi connectivity index (χ2v) is 11.8. The monoisotopic (exact) mass is 465 g/mol. The summed E-state index contributed by atoms with van der Waals surface area (Å²) < 4.78 is 35.2. The van der Waals surface area contributed by atoms with Gasteiger partial charge < -0.3 is 14.7 Å². The summed E-state index contributed by atoms with van der Waals surface area (Å²) >= 11 is 0. The van der Waals surface area contributed by atoms with Gasteiger partial charge in [-0.25, -0.2) is 0 Å². The third-order valence-electron chi connectivity index (χ3n) is 7.59. The van der Waals surface area contributed by atoms with Crippen molar-refractivity contribution in [1.82, 2.24) is 24.0 Å². The van der Waals surface area contributed by atoms with Crippen molar-refractivity contribution < 1.29 is 17.7 Å². The fraction of sp³-hybridized carbons (Fsp3) is 0.818. The maximum absolute atomic E-state index is 13.3. The number of amides is 1. The predicted octanol–water partition coefficient (Wildman–Crippen LogP) is 1.94. The van der Waals surface area contributed by atoms with Gasteiger partial charge in [-0.05, 0) is 71.4 Å². The summed E-state index contributed by atoms with van der Waals surface area (Å²) in [5.41, 5.74) is 0.315. The van der Waals surface area contributed by atoms with Gasteiger partial charge >= 0.3 is 0 Å². The number of carbonyl (C=O) groups excluding carboxylic acids is 1. The van der Waals surface area contributed by atoms with Gasteiger partial charge in [-0.3, -0.25) is 4.79 Å². The van der Waals surface area contributed by atoms with Crippen molar-refractivity contribution in [2.75, 3.05) is 32.7 Å². The maximum Gasteiger partial charge on any atom is 0.282 e. The van der Waals surface area contributed by atoms with Gasteiger partial charge in [0, 0.05) is 49.7 Å². The fourth-order valence-electron chi connectivity index (χ4n) is 5.53. The quantitative estimate of drug-likeness (QED) is 0.689. The van der Waals surface area contributed by atoms with E-state index in [9.17, 15) is 13.2 Å². The molecule has 9 nitrogen and oxygen atoms in total. The van der Waals surface area contributed by atoms with Gasteiger partial charge in [0.05, 0.1) is 0 Å². The summed E-state index contributed by atoms with van der Waals surface area (Å²) in [7, 11) is -3.48. The first-order valence-electron chi connectivity index (χ1n) is 12.2. The van der Waals surface area contributed by atoms with Crippen LogP contribution in [0.15, 0.2) is 10.6 Å². The Bertz CT molecular complexity index is 917. The van der Waals surface area contributed by atoms with Crippen LogP contribution in [0.2, 0.25) is 0 Å².